The van der Waals surface area contributed by atoms with E-state index < -0.39 is 0 Å². The fraction of sp³-hybridized carbons (Fsp3) is 0.200. The van der Waals surface area contributed by atoms with Crippen LogP contribution in [0.15, 0.2) is 42.5 Å². The van der Waals surface area contributed by atoms with Crippen molar-refractivity contribution in [3.63, 3.8) is 0 Å². The van der Waals surface area contributed by atoms with E-state index in [0.29, 0.717) is 12.5 Å². The lowest BCUT2D eigenvalue weighted by atomic mass is 10.1. The van der Waals surface area contributed by atoms with Gasteiger partial charge in [-0.3, -0.25) is 0 Å². The van der Waals surface area contributed by atoms with Crippen molar-refractivity contribution in [1.82, 2.24) is 0 Å². The van der Waals surface area contributed by atoms with Crippen molar-refractivity contribution in [3.05, 3.63) is 65.0 Å². The molecule has 0 bridgehead atoms. The normalized spacial score (nSPS) is 10.4. The molecule has 0 aromatic heterocycles. The van der Waals surface area contributed by atoms with Crippen molar-refractivity contribution in [2.45, 2.75) is 19.4 Å². The number of aryl methyl sites for hydroxylation is 1. The maximum Gasteiger partial charge on any atom is 0.127 e. The zero-order valence-corrected chi connectivity index (χ0v) is 10.9. The highest BCUT2D eigenvalue weighted by molar-refractivity contribution is 6.17. The quantitative estimate of drug-likeness (QED) is 0.741. The largest absolute Gasteiger partial charge is 0.488 e. The van der Waals surface area contributed by atoms with Crippen molar-refractivity contribution >= 4 is 11.6 Å². The zero-order chi connectivity index (χ0) is 13.0. The molecule has 0 atom stereocenters. The number of hydrogen-bond acceptors (Lipinski definition) is 1. The lowest BCUT2D eigenvalue weighted by Gasteiger charge is -2.12. The van der Waals surface area contributed by atoms with E-state index >= 15 is 0 Å². The first-order valence-corrected chi connectivity index (χ1v) is 6.26. The molecule has 2 aromatic carbocycles. The molecule has 18 heavy (non-hydrogen) atoms. The van der Waals surface area contributed by atoms with Gasteiger partial charge in [-0.25, -0.2) is 4.39 Å². The Hall–Kier alpha value is -1.54. The van der Waals surface area contributed by atoms with Gasteiger partial charge in [0, 0.05) is 5.56 Å². The van der Waals surface area contributed by atoms with Crippen LogP contribution >= 0.6 is 11.6 Å². The van der Waals surface area contributed by atoms with E-state index in [1.165, 1.54) is 12.1 Å². The number of ether oxygens (including phenoxy) is 1. The summed E-state index contributed by atoms with van der Waals surface area (Å²) in [5.74, 6) is 0.994. The Morgan fingerprint density at radius 1 is 1.11 bits per heavy atom. The molecule has 2 rings (SSSR count). The van der Waals surface area contributed by atoms with Gasteiger partial charge < -0.3 is 4.74 Å². The monoisotopic (exact) mass is 264 g/mol. The standard InChI is InChI=1S/C15H14ClFO/c1-11-3-2-4-13(9-16)15(11)18-10-12-5-7-14(17)8-6-12/h2-8H,9-10H2,1H3. The highest BCUT2D eigenvalue weighted by Gasteiger charge is 2.06. The lowest BCUT2D eigenvalue weighted by Crippen LogP contribution is -1.99. The first-order chi connectivity index (χ1) is 8.70. The van der Waals surface area contributed by atoms with Gasteiger partial charge in [-0.05, 0) is 30.2 Å². The molecule has 0 amide bonds. The third-order valence-corrected chi connectivity index (χ3v) is 3.02. The van der Waals surface area contributed by atoms with E-state index in [4.69, 9.17) is 16.3 Å². The molecule has 0 saturated carbocycles. The second-order valence-electron chi connectivity index (χ2n) is 4.11. The van der Waals surface area contributed by atoms with Crippen LogP contribution in [-0.2, 0) is 12.5 Å². The molecular formula is C15H14ClFO. The van der Waals surface area contributed by atoms with Crippen LogP contribution in [0.2, 0.25) is 0 Å². The number of para-hydroxylation sites is 1. The molecule has 0 radical (unpaired) electrons. The van der Waals surface area contributed by atoms with Crippen LogP contribution < -0.4 is 4.74 Å². The molecule has 0 saturated heterocycles. The summed E-state index contributed by atoms with van der Waals surface area (Å²) in [5.41, 5.74) is 2.95. The first kappa shape index (κ1) is 12.9. The Balaban J connectivity index is 2.12. The number of rotatable bonds is 4. The second-order valence-corrected chi connectivity index (χ2v) is 4.38. The minimum absolute atomic E-state index is 0.240. The summed E-state index contributed by atoms with van der Waals surface area (Å²) in [7, 11) is 0. The highest BCUT2D eigenvalue weighted by atomic mass is 35.5. The van der Waals surface area contributed by atoms with Gasteiger partial charge in [-0.2, -0.15) is 0 Å². The molecule has 0 heterocycles. The Morgan fingerprint density at radius 3 is 2.50 bits per heavy atom. The van der Waals surface area contributed by atoms with E-state index in [1.54, 1.807) is 12.1 Å². The molecule has 1 nitrogen and oxygen atoms in total. The SMILES string of the molecule is Cc1cccc(CCl)c1OCc1ccc(F)cc1. The van der Waals surface area contributed by atoms with Crippen LogP contribution in [0.5, 0.6) is 5.75 Å². The van der Waals surface area contributed by atoms with Crippen LogP contribution in [0.4, 0.5) is 4.39 Å². The fourth-order valence-corrected chi connectivity index (χ4v) is 1.97. The minimum atomic E-state index is -0.240. The molecule has 0 N–H and O–H groups in total. The van der Waals surface area contributed by atoms with Crippen LogP contribution in [0, 0.1) is 12.7 Å². The van der Waals surface area contributed by atoms with Crippen molar-refractivity contribution in [2.75, 3.05) is 0 Å². The summed E-state index contributed by atoms with van der Waals surface area (Å²) in [6, 6.07) is 12.2. The third kappa shape index (κ3) is 3.02. The second kappa shape index (κ2) is 5.87. The Labute approximate surface area is 111 Å². The van der Waals surface area contributed by atoms with Crippen molar-refractivity contribution in [1.29, 1.82) is 0 Å². The van der Waals surface area contributed by atoms with Gasteiger partial charge in [-0.1, -0.05) is 30.3 Å². The van der Waals surface area contributed by atoms with E-state index in [9.17, 15) is 4.39 Å². The van der Waals surface area contributed by atoms with Crippen LogP contribution in [0.25, 0.3) is 0 Å². The summed E-state index contributed by atoms with van der Waals surface area (Å²) in [4.78, 5) is 0. The topological polar surface area (TPSA) is 9.23 Å². The molecule has 94 valence electrons. The third-order valence-electron chi connectivity index (χ3n) is 2.73. The van der Waals surface area contributed by atoms with E-state index in [2.05, 4.69) is 0 Å². The lowest BCUT2D eigenvalue weighted by molar-refractivity contribution is 0.301. The fourth-order valence-electron chi connectivity index (χ4n) is 1.76. The Bertz CT molecular complexity index is 523. The molecular weight excluding hydrogens is 251 g/mol. The average Bonchev–Trinajstić information content (AvgIpc) is 2.39. The molecule has 0 aliphatic heterocycles. The van der Waals surface area contributed by atoms with Crippen molar-refractivity contribution < 1.29 is 9.13 Å². The molecule has 0 unspecified atom stereocenters. The van der Waals surface area contributed by atoms with Gasteiger partial charge in [0.15, 0.2) is 0 Å². The van der Waals surface area contributed by atoms with E-state index in [0.717, 1.165) is 22.4 Å². The molecule has 3 heteroatoms. The van der Waals surface area contributed by atoms with Gasteiger partial charge in [-0.15, -0.1) is 11.6 Å². The van der Waals surface area contributed by atoms with Crippen molar-refractivity contribution in [2.24, 2.45) is 0 Å². The first-order valence-electron chi connectivity index (χ1n) is 5.72. The van der Waals surface area contributed by atoms with Gasteiger partial charge in [0.05, 0.1) is 5.88 Å². The van der Waals surface area contributed by atoms with Gasteiger partial charge in [0.25, 0.3) is 0 Å². The van der Waals surface area contributed by atoms with E-state index in [-0.39, 0.29) is 5.82 Å². The molecule has 0 spiro atoms. The van der Waals surface area contributed by atoms with Gasteiger partial charge >= 0.3 is 0 Å². The minimum Gasteiger partial charge on any atom is -0.488 e. The highest BCUT2D eigenvalue weighted by Crippen LogP contribution is 2.25. The Morgan fingerprint density at radius 2 is 1.83 bits per heavy atom. The summed E-state index contributed by atoms with van der Waals surface area (Å²) < 4.78 is 18.6. The predicted molar refractivity (Wildman–Crippen MR) is 71.5 cm³/mol. The molecule has 0 aliphatic carbocycles. The number of alkyl halides is 1. The van der Waals surface area contributed by atoms with Crippen LogP contribution in [0.3, 0.4) is 0 Å². The number of benzene rings is 2. The summed E-state index contributed by atoms with van der Waals surface area (Å²) >= 11 is 5.88. The molecule has 0 aliphatic rings. The number of hydrogen-bond donors (Lipinski definition) is 0. The van der Waals surface area contributed by atoms with Crippen LogP contribution in [-0.4, -0.2) is 0 Å². The maximum atomic E-state index is 12.8. The molecule has 2 aromatic rings. The number of halogens is 2. The van der Waals surface area contributed by atoms with Gasteiger partial charge in [0.1, 0.15) is 18.2 Å². The van der Waals surface area contributed by atoms with Crippen LogP contribution in [0.1, 0.15) is 16.7 Å². The Kier molecular flexibility index (Phi) is 4.21. The zero-order valence-electron chi connectivity index (χ0n) is 10.1. The average molecular weight is 265 g/mol. The summed E-state index contributed by atoms with van der Waals surface area (Å²) in [5, 5.41) is 0. The predicted octanol–water partition coefficient (Wildman–Crippen LogP) is 4.45. The molecule has 0 fully saturated rings. The maximum absolute atomic E-state index is 12.8. The van der Waals surface area contributed by atoms with Gasteiger partial charge in [0.2, 0.25) is 0 Å². The summed E-state index contributed by atoms with van der Waals surface area (Å²) in [6.07, 6.45) is 0. The van der Waals surface area contributed by atoms with E-state index in [1.807, 2.05) is 25.1 Å². The summed E-state index contributed by atoms with van der Waals surface area (Å²) in [6.45, 7) is 2.39. The van der Waals surface area contributed by atoms with Crippen molar-refractivity contribution in [3.8, 4) is 5.75 Å². The smallest absolute Gasteiger partial charge is 0.127 e.